The number of aryl methyl sites for hydroxylation is 4. The van der Waals surface area contributed by atoms with Crippen molar-refractivity contribution in [3.8, 4) is 57.1 Å². The zero-order chi connectivity index (χ0) is 26.0. The lowest BCUT2D eigenvalue weighted by Crippen LogP contribution is -1.99. The molecule has 0 spiro atoms. The van der Waals surface area contributed by atoms with Gasteiger partial charge < -0.3 is 40.9 Å². The van der Waals surface area contributed by atoms with Crippen LogP contribution in [-0.2, 0) is 25.7 Å². The smallest absolute Gasteiger partial charge is 0.200 e. The molecular formula is C28H26O8. The quantitative estimate of drug-likeness (QED) is 0.175. The SMILES string of the molecule is Oc1ccc(CCc2cc(O)c(O)c(O)c2)c(-c2cc(O)ccc2CCc2cc(O)c(O)c(O)c2)c1. The van der Waals surface area contributed by atoms with E-state index in [4.69, 9.17) is 0 Å². The van der Waals surface area contributed by atoms with Crippen LogP contribution in [0.1, 0.15) is 22.3 Å². The Hall–Kier alpha value is -4.72. The molecule has 0 bridgehead atoms. The van der Waals surface area contributed by atoms with E-state index in [1.807, 2.05) is 0 Å². The summed E-state index contributed by atoms with van der Waals surface area (Å²) >= 11 is 0. The van der Waals surface area contributed by atoms with Gasteiger partial charge in [0.15, 0.2) is 34.5 Å². The van der Waals surface area contributed by atoms with Crippen LogP contribution in [0, 0.1) is 0 Å². The van der Waals surface area contributed by atoms with Crippen molar-refractivity contribution in [2.24, 2.45) is 0 Å². The molecule has 4 aromatic rings. The first kappa shape index (κ1) is 24.4. The molecule has 8 N–H and O–H groups in total. The maximum Gasteiger partial charge on any atom is 0.200 e. The molecule has 0 radical (unpaired) electrons. The third kappa shape index (κ3) is 5.17. The Kier molecular flexibility index (Phi) is 6.69. The summed E-state index contributed by atoms with van der Waals surface area (Å²) in [5.74, 6) is -2.76. The average Bonchev–Trinajstić information content (AvgIpc) is 2.84. The molecule has 8 heteroatoms. The largest absolute Gasteiger partial charge is 0.508 e. The normalized spacial score (nSPS) is 11.0. The van der Waals surface area contributed by atoms with Crippen LogP contribution in [0.5, 0.6) is 46.0 Å². The second kappa shape index (κ2) is 9.87. The fourth-order valence-corrected chi connectivity index (χ4v) is 4.23. The van der Waals surface area contributed by atoms with Crippen molar-refractivity contribution in [2.45, 2.75) is 25.7 Å². The number of phenols is 8. The van der Waals surface area contributed by atoms with E-state index in [2.05, 4.69) is 0 Å². The summed E-state index contributed by atoms with van der Waals surface area (Å²) in [5.41, 5.74) is 4.25. The zero-order valence-corrected chi connectivity index (χ0v) is 19.2. The number of benzene rings is 4. The second-order valence-corrected chi connectivity index (χ2v) is 8.65. The Balaban J connectivity index is 1.65. The van der Waals surface area contributed by atoms with E-state index in [0.29, 0.717) is 47.9 Å². The fourth-order valence-electron chi connectivity index (χ4n) is 4.23. The minimum atomic E-state index is -0.580. The summed E-state index contributed by atoms with van der Waals surface area (Å²) in [7, 11) is 0. The van der Waals surface area contributed by atoms with E-state index in [-0.39, 0.29) is 11.5 Å². The van der Waals surface area contributed by atoms with Gasteiger partial charge in [-0.1, -0.05) is 12.1 Å². The molecular weight excluding hydrogens is 464 g/mol. The Morgan fingerprint density at radius 3 is 1.06 bits per heavy atom. The summed E-state index contributed by atoms with van der Waals surface area (Å²) in [4.78, 5) is 0. The van der Waals surface area contributed by atoms with Crippen molar-refractivity contribution in [3.63, 3.8) is 0 Å². The Bertz CT molecular complexity index is 1270. The van der Waals surface area contributed by atoms with Gasteiger partial charge in [-0.25, -0.2) is 0 Å². The highest BCUT2D eigenvalue weighted by molar-refractivity contribution is 5.73. The van der Waals surface area contributed by atoms with Gasteiger partial charge in [0, 0.05) is 0 Å². The van der Waals surface area contributed by atoms with Gasteiger partial charge in [0.25, 0.3) is 0 Å². The molecule has 0 fully saturated rings. The van der Waals surface area contributed by atoms with Crippen molar-refractivity contribution >= 4 is 0 Å². The Morgan fingerprint density at radius 2 is 0.722 bits per heavy atom. The van der Waals surface area contributed by atoms with Crippen LogP contribution < -0.4 is 0 Å². The van der Waals surface area contributed by atoms with E-state index in [1.54, 1.807) is 36.4 Å². The summed E-state index contributed by atoms with van der Waals surface area (Å²) in [6, 6.07) is 15.3. The average molecular weight is 491 g/mol. The van der Waals surface area contributed by atoms with Crippen LogP contribution >= 0.6 is 0 Å². The maximum atomic E-state index is 10.2. The van der Waals surface area contributed by atoms with E-state index >= 15 is 0 Å². The predicted molar refractivity (Wildman–Crippen MR) is 133 cm³/mol. The molecule has 0 saturated carbocycles. The zero-order valence-electron chi connectivity index (χ0n) is 19.2. The van der Waals surface area contributed by atoms with Gasteiger partial charge in [-0.3, -0.25) is 0 Å². The molecule has 0 amide bonds. The molecule has 0 atom stereocenters. The van der Waals surface area contributed by atoms with Crippen molar-refractivity contribution < 1.29 is 40.9 Å². The molecule has 0 aromatic heterocycles. The van der Waals surface area contributed by atoms with Gasteiger partial charge in [-0.15, -0.1) is 0 Å². The van der Waals surface area contributed by atoms with Gasteiger partial charge in [0.05, 0.1) is 0 Å². The molecule has 8 nitrogen and oxygen atoms in total. The molecule has 0 unspecified atom stereocenters. The monoisotopic (exact) mass is 490 g/mol. The van der Waals surface area contributed by atoms with Gasteiger partial charge in [0.1, 0.15) is 11.5 Å². The third-order valence-electron chi connectivity index (χ3n) is 6.10. The van der Waals surface area contributed by atoms with Gasteiger partial charge in [0.2, 0.25) is 0 Å². The van der Waals surface area contributed by atoms with Crippen LogP contribution in [0.2, 0.25) is 0 Å². The van der Waals surface area contributed by atoms with Crippen molar-refractivity contribution in [1.82, 2.24) is 0 Å². The number of rotatable bonds is 7. The molecule has 0 aliphatic rings. The second-order valence-electron chi connectivity index (χ2n) is 8.65. The molecule has 0 heterocycles. The Labute approximate surface area is 206 Å². The highest BCUT2D eigenvalue weighted by Crippen LogP contribution is 2.38. The predicted octanol–water partition coefficient (Wildman–Crippen LogP) is 4.57. The first-order chi connectivity index (χ1) is 17.1. The van der Waals surface area contributed by atoms with Crippen molar-refractivity contribution in [1.29, 1.82) is 0 Å². The summed E-state index contributed by atoms with van der Waals surface area (Å²) in [6.45, 7) is 0. The van der Waals surface area contributed by atoms with Gasteiger partial charge in [-0.2, -0.15) is 0 Å². The number of aromatic hydroxyl groups is 8. The molecule has 0 saturated heterocycles. The molecule has 36 heavy (non-hydrogen) atoms. The van der Waals surface area contributed by atoms with E-state index in [0.717, 1.165) is 11.1 Å². The highest BCUT2D eigenvalue weighted by atomic mass is 16.3. The standard InChI is InChI=1S/C28H26O8/c29-19-7-5-17(3-1-15-9-23(31)27(35)24(32)10-15)21(13-19)22-14-20(30)8-6-18(22)4-2-16-11-25(33)28(36)26(34)12-16/h5-14,29-36H,1-4H2. The van der Waals surface area contributed by atoms with Crippen LogP contribution in [-0.4, -0.2) is 40.9 Å². The molecule has 0 aliphatic heterocycles. The first-order valence-corrected chi connectivity index (χ1v) is 11.2. The van der Waals surface area contributed by atoms with E-state index in [9.17, 15) is 40.9 Å². The number of phenolic OH excluding ortho intramolecular Hbond substituents is 8. The lowest BCUT2D eigenvalue weighted by Gasteiger charge is -2.16. The number of hydrogen-bond donors (Lipinski definition) is 8. The lowest BCUT2D eigenvalue weighted by atomic mass is 9.89. The maximum absolute atomic E-state index is 10.2. The summed E-state index contributed by atoms with van der Waals surface area (Å²) in [6.07, 6.45) is 1.76. The minimum absolute atomic E-state index is 0.0383. The lowest BCUT2D eigenvalue weighted by molar-refractivity contribution is 0.367. The van der Waals surface area contributed by atoms with Crippen LogP contribution in [0.25, 0.3) is 11.1 Å². The number of hydrogen-bond acceptors (Lipinski definition) is 8. The van der Waals surface area contributed by atoms with Gasteiger partial charge >= 0.3 is 0 Å². The van der Waals surface area contributed by atoms with Crippen molar-refractivity contribution in [3.05, 3.63) is 82.9 Å². The Morgan fingerprint density at radius 1 is 0.389 bits per heavy atom. The fraction of sp³-hybridized carbons (Fsp3) is 0.143. The molecule has 186 valence electrons. The van der Waals surface area contributed by atoms with Crippen LogP contribution in [0.3, 0.4) is 0 Å². The third-order valence-corrected chi connectivity index (χ3v) is 6.10. The summed E-state index contributed by atoms with van der Waals surface area (Å²) < 4.78 is 0. The van der Waals surface area contributed by atoms with E-state index in [1.165, 1.54) is 24.3 Å². The van der Waals surface area contributed by atoms with Gasteiger partial charge in [-0.05, 0) is 108 Å². The molecule has 4 rings (SSSR count). The van der Waals surface area contributed by atoms with Crippen LogP contribution in [0.4, 0.5) is 0 Å². The topological polar surface area (TPSA) is 162 Å². The molecule has 4 aromatic carbocycles. The van der Waals surface area contributed by atoms with Crippen molar-refractivity contribution in [2.75, 3.05) is 0 Å². The highest BCUT2D eigenvalue weighted by Gasteiger charge is 2.15. The first-order valence-electron chi connectivity index (χ1n) is 11.2. The molecule has 0 aliphatic carbocycles. The van der Waals surface area contributed by atoms with E-state index < -0.39 is 34.5 Å². The van der Waals surface area contributed by atoms with Crippen LogP contribution in [0.15, 0.2) is 60.7 Å². The summed E-state index contributed by atoms with van der Waals surface area (Å²) in [5, 5.41) is 78.8. The minimum Gasteiger partial charge on any atom is -0.508 e.